The number of likely N-dealkylation sites (tertiary alicyclic amines) is 1. The fraction of sp³-hybridized carbons (Fsp3) is 0.615. The quantitative estimate of drug-likeness (QED) is 0.861. The van der Waals surface area contributed by atoms with Gasteiger partial charge in [-0.2, -0.15) is 0 Å². The highest BCUT2D eigenvalue weighted by molar-refractivity contribution is 5.92. The van der Waals surface area contributed by atoms with Gasteiger partial charge in [-0.15, -0.1) is 0 Å². The van der Waals surface area contributed by atoms with Crippen LogP contribution in [0.4, 0.5) is 5.82 Å². The molecule has 1 aliphatic heterocycles. The second-order valence-electron chi connectivity index (χ2n) is 4.94. The minimum Gasteiger partial charge on any atom is -0.382 e. The average Bonchev–Trinajstić information content (AvgIpc) is 2.85. The second kappa shape index (κ2) is 5.97. The number of nitrogens with zero attached hydrogens (tertiary/aromatic N) is 4. The van der Waals surface area contributed by atoms with E-state index in [0.717, 1.165) is 26.1 Å². The van der Waals surface area contributed by atoms with Gasteiger partial charge in [-0.1, -0.05) is 6.92 Å². The van der Waals surface area contributed by atoms with Crippen molar-refractivity contribution in [3.63, 3.8) is 0 Å². The molecule has 2 rings (SSSR count). The van der Waals surface area contributed by atoms with Crippen molar-refractivity contribution < 1.29 is 4.79 Å². The fourth-order valence-corrected chi connectivity index (χ4v) is 2.60. The Labute approximate surface area is 113 Å². The summed E-state index contributed by atoms with van der Waals surface area (Å²) in [4.78, 5) is 24.3. The van der Waals surface area contributed by atoms with Crippen LogP contribution in [0.1, 0.15) is 30.3 Å². The van der Waals surface area contributed by atoms with Gasteiger partial charge in [-0.3, -0.25) is 14.7 Å². The summed E-state index contributed by atoms with van der Waals surface area (Å²) in [5.41, 5.74) is 5.86. The molecule has 19 heavy (non-hydrogen) atoms. The molecule has 1 aliphatic rings. The highest BCUT2D eigenvalue weighted by atomic mass is 16.2. The zero-order valence-corrected chi connectivity index (χ0v) is 11.5. The van der Waals surface area contributed by atoms with Crippen LogP contribution in [-0.2, 0) is 0 Å². The maximum absolute atomic E-state index is 12.2. The van der Waals surface area contributed by atoms with Gasteiger partial charge in [0.25, 0.3) is 5.91 Å². The lowest BCUT2D eigenvalue weighted by Crippen LogP contribution is -2.41. The molecule has 0 saturated carbocycles. The number of anilines is 1. The lowest BCUT2D eigenvalue weighted by molar-refractivity contribution is 0.0748. The maximum atomic E-state index is 12.2. The van der Waals surface area contributed by atoms with Gasteiger partial charge >= 0.3 is 0 Å². The minimum absolute atomic E-state index is 0.122. The van der Waals surface area contributed by atoms with Crippen molar-refractivity contribution in [2.45, 2.75) is 25.8 Å². The van der Waals surface area contributed by atoms with Gasteiger partial charge in [0.1, 0.15) is 11.5 Å². The third-order valence-corrected chi connectivity index (χ3v) is 3.61. The van der Waals surface area contributed by atoms with E-state index in [0.29, 0.717) is 11.7 Å². The Hall–Kier alpha value is -1.69. The van der Waals surface area contributed by atoms with Crippen molar-refractivity contribution in [1.29, 1.82) is 0 Å². The van der Waals surface area contributed by atoms with Gasteiger partial charge in [0.2, 0.25) is 0 Å². The molecule has 1 aromatic rings. The predicted octanol–water partition coefficient (Wildman–Crippen LogP) is 0.615. The Morgan fingerprint density at radius 3 is 3.05 bits per heavy atom. The van der Waals surface area contributed by atoms with E-state index >= 15 is 0 Å². The molecule has 2 heterocycles. The lowest BCUT2D eigenvalue weighted by Gasteiger charge is -2.27. The van der Waals surface area contributed by atoms with Crippen LogP contribution < -0.4 is 5.73 Å². The Balaban J connectivity index is 1.99. The summed E-state index contributed by atoms with van der Waals surface area (Å²) >= 11 is 0. The summed E-state index contributed by atoms with van der Waals surface area (Å²) in [6.07, 6.45) is 5.25. The first-order chi connectivity index (χ1) is 9.11. The summed E-state index contributed by atoms with van der Waals surface area (Å²) in [5.74, 6) is 0.151. The molecule has 0 spiro atoms. The normalized spacial score (nSPS) is 19.6. The number of nitrogen functional groups attached to an aromatic ring is 1. The molecular weight excluding hydrogens is 242 g/mol. The molecule has 0 aromatic carbocycles. The minimum atomic E-state index is -0.122. The van der Waals surface area contributed by atoms with Crippen molar-refractivity contribution in [3.05, 3.63) is 18.1 Å². The molecule has 2 N–H and O–H groups in total. The van der Waals surface area contributed by atoms with E-state index in [4.69, 9.17) is 5.73 Å². The van der Waals surface area contributed by atoms with E-state index in [2.05, 4.69) is 21.8 Å². The third kappa shape index (κ3) is 3.20. The van der Waals surface area contributed by atoms with E-state index < -0.39 is 0 Å². The molecule has 0 radical (unpaired) electrons. The summed E-state index contributed by atoms with van der Waals surface area (Å²) in [5, 5.41) is 0. The van der Waals surface area contributed by atoms with Crippen molar-refractivity contribution in [3.8, 4) is 0 Å². The average molecular weight is 263 g/mol. The molecule has 6 heteroatoms. The van der Waals surface area contributed by atoms with E-state index in [-0.39, 0.29) is 11.7 Å². The summed E-state index contributed by atoms with van der Waals surface area (Å²) in [6.45, 7) is 5.04. The number of amides is 1. The van der Waals surface area contributed by atoms with Crippen LogP contribution in [0.5, 0.6) is 0 Å². The first-order valence-corrected chi connectivity index (χ1v) is 6.69. The van der Waals surface area contributed by atoms with E-state index in [9.17, 15) is 4.79 Å². The second-order valence-corrected chi connectivity index (χ2v) is 4.94. The van der Waals surface area contributed by atoms with Gasteiger partial charge in [-0.25, -0.2) is 4.98 Å². The lowest BCUT2D eigenvalue weighted by atomic mass is 10.2. The number of hydrogen-bond acceptors (Lipinski definition) is 5. The first kappa shape index (κ1) is 13.7. The molecule has 0 bridgehead atoms. The van der Waals surface area contributed by atoms with Crippen LogP contribution in [0, 0.1) is 0 Å². The van der Waals surface area contributed by atoms with Gasteiger partial charge in [-0.05, 0) is 25.9 Å². The molecule has 0 aliphatic carbocycles. The van der Waals surface area contributed by atoms with Crippen molar-refractivity contribution in [2.75, 3.05) is 32.4 Å². The topological polar surface area (TPSA) is 75.3 Å². The van der Waals surface area contributed by atoms with Crippen LogP contribution in [0.15, 0.2) is 12.4 Å². The predicted molar refractivity (Wildman–Crippen MR) is 73.7 cm³/mol. The number of likely N-dealkylation sites (N-methyl/N-ethyl adjacent to an activating group) is 2. The fourth-order valence-electron chi connectivity index (χ4n) is 2.60. The molecule has 104 valence electrons. The van der Waals surface area contributed by atoms with Crippen molar-refractivity contribution >= 4 is 11.7 Å². The third-order valence-electron chi connectivity index (χ3n) is 3.61. The number of nitrogens with two attached hydrogens (primary N) is 1. The summed E-state index contributed by atoms with van der Waals surface area (Å²) < 4.78 is 0. The van der Waals surface area contributed by atoms with Crippen LogP contribution >= 0.6 is 0 Å². The van der Waals surface area contributed by atoms with Gasteiger partial charge in [0.05, 0.1) is 12.4 Å². The molecule has 1 unspecified atom stereocenters. The van der Waals surface area contributed by atoms with Crippen LogP contribution in [0.2, 0.25) is 0 Å². The highest BCUT2D eigenvalue weighted by Gasteiger charge is 2.26. The zero-order valence-electron chi connectivity index (χ0n) is 11.5. The SMILES string of the molecule is CCN1CCCC1CN(C)C(=O)c1cncc(N)n1. The van der Waals surface area contributed by atoms with Crippen LogP contribution in [0.3, 0.4) is 0 Å². The van der Waals surface area contributed by atoms with Gasteiger partial charge in [0, 0.05) is 19.6 Å². The van der Waals surface area contributed by atoms with Gasteiger partial charge in [0.15, 0.2) is 0 Å². The number of hydrogen-bond donors (Lipinski definition) is 1. The van der Waals surface area contributed by atoms with E-state index in [1.165, 1.54) is 18.8 Å². The highest BCUT2D eigenvalue weighted by Crippen LogP contribution is 2.17. The summed E-state index contributed by atoms with van der Waals surface area (Å²) in [7, 11) is 1.80. The molecule has 1 aromatic heterocycles. The molecule has 1 fully saturated rings. The zero-order chi connectivity index (χ0) is 13.8. The van der Waals surface area contributed by atoms with Crippen molar-refractivity contribution in [2.24, 2.45) is 0 Å². The van der Waals surface area contributed by atoms with Crippen LogP contribution in [-0.4, -0.2) is 58.4 Å². The Kier molecular flexibility index (Phi) is 4.31. The van der Waals surface area contributed by atoms with E-state index in [1.54, 1.807) is 11.9 Å². The molecular formula is C13H21N5O. The number of rotatable bonds is 4. The molecule has 1 saturated heterocycles. The Bertz CT molecular complexity index is 450. The maximum Gasteiger partial charge on any atom is 0.273 e. The van der Waals surface area contributed by atoms with Crippen LogP contribution in [0.25, 0.3) is 0 Å². The number of carbonyl (C=O) groups excluding carboxylic acids is 1. The Morgan fingerprint density at radius 2 is 2.37 bits per heavy atom. The molecule has 1 atom stereocenters. The molecule has 1 amide bonds. The first-order valence-electron chi connectivity index (χ1n) is 6.69. The largest absolute Gasteiger partial charge is 0.382 e. The number of carbonyl (C=O) groups is 1. The summed E-state index contributed by atoms with van der Waals surface area (Å²) in [6, 6.07) is 0.452. The number of aromatic nitrogens is 2. The standard InChI is InChI=1S/C13H21N5O/c1-3-18-6-4-5-10(18)9-17(2)13(19)11-7-15-8-12(14)16-11/h7-8,10H,3-6,9H2,1-2H3,(H2,14,16). The smallest absolute Gasteiger partial charge is 0.273 e. The van der Waals surface area contributed by atoms with Gasteiger partial charge < -0.3 is 10.6 Å². The van der Waals surface area contributed by atoms with Crippen molar-refractivity contribution in [1.82, 2.24) is 19.8 Å². The van der Waals surface area contributed by atoms with E-state index in [1.807, 2.05) is 0 Å². The molecule has 6 nitrogen and oxygen atoms in total. The monoisotopic (exact) mass is 263 g/mol. The Morgan fingerprint density at radius 1 is 1.58 bits per heavy atom.